The normalized spacial score (nSPS) is 15.2. The molecule has 0 radical (unpaired) electrons. The minimum atomic E-state index is 0.581. The van der Waals surface area contributed by atoms with E-state index in [4.69, 9.17) is 5.73 Å². The molecule has 17 heavy (non-hydrogen) atoms. The number of hydrogen-bond acceptors (Lipinski definition) is 2. The Hall–Kier alpha value is -1.61. The minimum absolute atomic E-state index is 0.581. The molecule has 0 bridgehead atoms. The van der Waals surface area contributed by atoms with Crippen molar-refractivity contribution in [2.75, 3.05) is 0 Å². The molecule has 3 rings (SSSR count). The van der Waals surface area contributed by atoms with Crippen LogP contribution in [0.5, 0.6) is 0 Å². The standard InChI is InChI=1S/C14H17N3/c1-10-2-6-13(7-3-10)17-14(11-4-5-11)12(8-15)9-16-17/h2-3,6-7,9,11H,4-5,8,15H2,1H3. The van der Waals surface area contributed by atoms with Gasteiger partial charge in [0, 0.05) is 18.0 Å². The summed E-state index contributed by atoms with van der Waals surface area (Å²) in [6.45, 7) is 2.68. The molecule has 3 heteroatoms. The first kappa shape index (κ1) is 10.5. The van der Waals surface area contributed by atoms with E-state index in [0.29, 0.717) is 12.5 Å². The molecule has 0 unspecified atom stereocenters. The number of benzene rings is 1. The maximum Gasteiger partial charge on any atom is 0.0649 e. The molecule has 0 atom stereocenters. The molecule has 1 fully saturated rings. The maximum absolute atomic E-state index is 5.78. The van der Waals surface area contributed by atoms with Crippen LogP contribution in [0.4, 0.5) is 0 Å². The summed E-state index contributed by atoms with van der Waals surface area (Å²) >= 11 is 0. The third kappa shape index (κ3) is 1.87. The molecular formula is C14H17N3. The second-order valence-corrected chi connectivity index (χ2v) is 4.78. The molecule has 2 aromatic rings. The molecular weight excluding hydrogens is 210 g/mol. The second kappa shape index (κ2) is 4.00. The van der Waals surface area contributed by atoms with Gasteiger partial charge in [-0.2, -0.15) is 5.10 Å². The van der Waals surface area contributed by atoms with Crippen molar-refractivity contribution in [3.63, 3.8) is 0 Å². The lowest BCUT2D eigenvalue weighted by atomic mass is 10.1. The van der Waals surface area contributed by atoms with Crippen molar-refractivity contribution in [1.29, 1.82) is 0 Å². The number of rotatable bonds is 3. The van der Waals surface area contributed by atoms with E-state index in [1.807, 2.05) is 6.20 Å². The zero-order valence-corrected chi connectivity index (χ0v) is 10.1. The second-order valence-electron chi connectivity index (χ2n) is 4.78. The summed E-state index contributed by atoms with van der Waals surface area (Å²) in [4.78, 5) is 0. The quantitative estimate of drug-likeness (QED) is 0.875. The predicted octanol–water partition coefficient (Wildman–Crippen LogP) is 2.52. The SMILES string of the molecule is Cc1ccc(-n2ncc(CN)c2C2CC2)cc1. The molecule has 1 aliphatic rings. The number of aromatic nitrogens is 2. The monoisotopic (exact) mass is 227 g/mol. The van der Waals surface area contributed by atoms with Gasteiger partial charge in [-0.05, 0) is 31.9 Å². The summed E-state index contributed by atoms with van der Waals surface area (Å²) in [6, 6.07) is 8.48. The van der Waals surface area contributed by atoms with Crippen LogP contribution in [0, 0.1) is 6.92 Å². The van der Waals surface area contributed by atoms with Gasteiger partial charge in [-0.15, -0.1) is 0 Å². The van der Waals surface area contributed by atoms with E-state index in [9.17, 15) is 0 Å². The van der Waals surface area contributed by atoms with Crippen LogP contribution in [0.3, 0.4) is 0 Å². The van der Waals surface area contributed by atoms with Crippen LogP contribution in [-0.2, 0) is 6.54 Å². The lowest BCUT2D eigenvalue weighted by Gasteiger charge is -2.08. The lowest BCUT2D eigenvalue weighted by molar-refractivity contribution is 0.801. The number of hydrogen-bond donors (Lipinski definition) is 1. The fourth-order valence-electron chi connectivity index (χ4n) is 2.23. The zero-order valence-electron chi connectivity index (χ0n) is 10.1. The van der Waals surface area contributed by atoms with Crippen LogP contribution in [0.1, 0.15) is 35.6 Å². The highest BCUT2D eigenvalue weighted by Crippen LogP contribution is 2.42. The van der Waals surface area contributed by atoms with E-state index in [0.717, 1.165) is 5.69 Å². The van der Waals surface area contributed by atoms with E-state index in [1.165, 1.54) is 29.7 Å². The molecule has 0 saturated heterocycles. The van der Waals surface area contributed by atoms with Gasteiger partial charge >= 0.3 is 0 Å². The first-order valence-electron chi connectivity index (χ1n) is 6.13. The van der Waals surface area contributed by atoms with Gasteiger partial charge in [0.15, 0.2) is 0 Å². The first-order valence-corrected chi connectivity index (χ1v) is 6.13. The summed E-state index contributed by atoms with van der Waals surface area (Å²) in [5.74, 6) is 0.664. The highest BCUT2D eigenvalue weighted by molar-refractivity contribution is 5.39. The van der Waals surface area contributed by atoms with Crippen molar-refractivity contribution in [1.82, 2.24) is 9.78 Å². The largest absolute Gasteiger partial charge is 0.326 e. The molecule has 0 aliphatic heterocycles. The fourth-order valence-corrected chi connectivity index (χ4v) is 2.23. The minimum Gasteiger partial charge on any atom is -0.326 e. The van der Waals surface area contributed by atoms with Gasteiger partial charge in [0.1, 0.15) is 0 Å². The topological polar surface area (TPSA) is 43.8 Å². The molecule has 1 saturated carbocycles. The summed E-state index contributed by atoms with van der Waals surface area (Å²) in [5, 5.41) is 4.48. The van der Waals surface area contributed by atoms with E-state index >= 15 is 0 Å². The highest BCUT2D eigenvalue weighted by Gasteiger charge is 2.30. The Labute approximate surface area is 101 Å². The van der Waals surface area contributed by atoms with Crippen LogP contribution < -0.4 is 5.73 Å². The van der Waals surface area contributed by atoms with Gasteiger partial charge in [-0.25, -0.2) is 4.68 Å². The molecule has 1 heterocycles. The predicted molar refractivity (Wildman–Crippen MR) is 68.2 cm³/mol. The van der Waals surface area contributed by atoms with Crippen molar-refractivity contribution in [3.8, 4) is 5.69 Å². The van der Waals surface area contributed by atoms with Crippen LogP contribution in [0.2, 0.25) is 0 Å². The number of aryl methyl sites for hydroxylation is 1. The van der Waals surface area contributed by atoms with Gasteiger partial charge in [-0.1, -0.05) is 17.7 Å². The molecule has 1 aromatic carbocycles. The smallest absolute Gasteiger partial charge is 0.0649 e. The average molecular weight is 227 g/mol. The van der Waals surface area contributed by atoms with E-state index in [1.54, 1.807) is 0 Å². The van der Waals surface area contributed by atoms with Crippen LogP contribution >= 0.6 is 0 Å². The Morgan fingerprint density at radius 3 is 2.59 bits per heavy atom. The third-order valence-corrected chi connectivity index (χ3v) is 3.35. The Balaban J connectivity index is 2.07. The first-order chi connectivity index (χ1) is 8.29. The fraction of sp³-hybridized carbons (Fsp3) is 0.357. The van der Waals surface area contributed by atoms with Gasteiger partial charge in [0.2, 0.25) is 0 Å². The van der Waals surface area contributed by atoms with Crippen molar-refractivity contribution < 1.29 is 0 Å². The van der Waals surface area contributed by atoms with Crippen molar-refractivity contribution in [3.05, 3.63) is 47.3 Å². The molecule has 0 spiro atoms. The van der Waals surface area contributed by atoms with E-state index < -0.39 is 0 Å². The molecule has 1 aromatic heterocycles. The van der Waals surface area contributed by atoms with Crippen molar-refractivity contribution >= 4 is 0 Å². The Morgan fingerprint density at radius 1 is 1.29 bits per heavy atom. The number of nitrogens with two attached hydrogens (primary N) is 1. The maximum atomic E-state index is 5.78. The summed E-state index contributed by atoms with van der Waals surface area (Å²) in [5.41, 5.74) is 10.7. The third-order valence-electron chi connectivity index (χ3n) is 3.35. The van der Waals surface area contributed by atoms with Gasteiger partial charge in [0.05, 0.1) is 17.6 Å². The summed E-state index contributed by atoms with van der Waals surface area (Å²) in [7, 11) is 0. The highest BCUT2D eigenvalue weighted by atomic mass is 15.3. The average Bonchev–Trinajstić information content (AvgIpc) is 3.10. The number of nitrogens with zero attached hydrogens (tertiary/aromatic N) is 2. The summed E-state index contributed by atoms with van der Waals surface area (Å²) in [6.07, 6.45) is 4.45. The molecule has 3 nitrogen and oxygen atoms in total. The van der Waals surface area contributed by atoms with Crippen LogP contribution in [0.25, 0.3) is 5.69 Å². The van der Waals surface area contributed by atoms with Crippen molar-refractivity contribution in [2.45, 2.75) is 32.2 Å². The van der Waals surface area contributed by atoms with Crippen LogP contribution in [0.15, 0.2) is 30.5 Å². The summed E-state index contributed by atoms with van der Waals surface area (Å²) < 4.78 is 2.05. The van der Waals surface area contributed by atoms with E-state index in [2.05, 4.69) is 41.0 Å². The van der Waals surface area contributed by atoms with Crippen molar-refractivity contribution in [2.24, 2.45) is 5.73 Å². The molecule has 2 N–H and O–H groups in total. The molecule has 0 amide bonds. The van der Waals surface area contributed by atoms with Gasteiger partial charge in [0.25, 0.3) is 0 Å². The van der Waals surface area contributed by atoms with Gasteiger partial charge in [-0.3, -0.25) is 0 Å². The lowest BCUT2D eigenvalue weighted by Crippen LogP contribution is -2.04. The zero-order chi connectivity index (χ0) is 11.8. The van der Waals surface area contributed by atoms with Crippen LogP contribution in [-0.4, -0.2) is 9.78 Å². The van der Waals surface area contributed by atoms with Gasteiger partial charge < -0.3 is 5.73 Å². The van der Waals surface area contributed by atoms with E-state index in [-0.39, 0.29) is 0 Å². The Morgan fingerprint density at radius 2 is 2.00 bits per heavy atom. The molecule has 1 aliphatic carbocycles. The Bertz CT molecular complexity index is 521. The molecule has 88 valence electrons. The Kier molecular flexibility index (Phi) is 2.48.